The Bertz CT molecular complexity index is 1180. The van der Waals surface area contributed by atoms with Crippen LogP contribution in [0.5, 0.6) is 0 Å². The van der Waals surface area contributed by atoms with E-state index in [4.69, 9.17) is 0 Å². The van der Waals surface area contributed by atoms with Gasteiger partial charge >= 0.3 is 18.1 Å². The molecule has 40 heavy (non-hydrogen) atoms. The first-order chi connectivity index (χ1) is 18.7. The van der Waals surface area contributed by atoms with Crippen molar-refractivity contribution in [2.24, 2.45) is 11.8 Å². The molecule has 220 valence electrons. The number of esters is 1. The van der Waals surface area contributed by atoms with E-state index < -0.39 is 30.7 Å². The lowest BCUT2D eigenvalue weighted by Gasteiger charge is -2.38. The number of pyridine rings is 2. The number of nitrogens with one attached hydrogen (secondary N) is 1. The maximum atomic E-state index is 12.4. The number of halogens is 3. The van der Waals surface area contributed by atoms with Crippen LogP contribution < -0.4 is 5.32 Å². The summed E-state index contributed by atoms with van der Waals surface area (Å²) < 4.78 is 40.7. The number of alkyl halides is 3. The number of aromatic nitrogens is 2. The molecule has 4 rings (SSSR count). The summed E-state index contributed by atoms with van der Waals surface area (Å²) in [6, 6.07) is 4.29. The Morgan fingerprint density at radius 1 is 0.925 bits per heavy atom. The molecular weight excluding hydrogens is 521 g/mol. The SMILES string of the molecule is Cc1cc(C2CCC(C)CN2)cnc1C.Cc1cc(C2CCC(C)CN2C(=O)C(=O)OCC(F)(F)F)cnc1C. The maximum Gasteiger partial charge on any atom is 0.422 e. The summed E-state index contributed by atoms with van der Waals surface area (Å²) in [5.74, 6) is -1.55. The lowest BCUT2D eigenvalue weighted by atomic mass is 9.90. The van der Waals surface area contributed by atoms with E-state index in [1.165, 1.54) is 28.9 Å². The highest BCUT2D eigenvalue weighted by Gasteiger charge is 2.37. The van der Waals surface area contributed by atoms with E-state index in [0.29, 0.717) is 12.5 Å². The van der Waals surface area contributed by atoms with Crippen LogP contribution in [0.25, 0.3) is 0 Å². The number of hydrogen-bond acceptors (Lipinski definition) is 6. The van der Waals surface area contributed by atoms with Gasteiger partial charge in [-0.2, -0.15) is 13.2 Å². The Hall–Kier alpha value is -3.01. The second kappa shape index (κ2) is 13.6. The second-order valence-electron chi connectivity index (χ2n) is 11.3. The van der Waals surface area contributed by atoms with Crippen molar-refractivity contribution < 1.29 is 27.5 Å². The fraction of sp³-hybridized carbons (Fsp3) is 0.600. The number of hydrogen-bond donors (Lipinski definition) is 1. The van der Waals surface area contributed by atoms with Gasteiger partial charge in [-0.25, -0.2) is 4.79 Å². The van der Waals surface area contributed by atoms with Crippen molar-refractivity contribution in [3.05, 3.63) is 58.2 Å². The van der Waals surface area contributed by atoms with E-state index in [2.05, 4.69) is 46.9 Å². The van der Waals surface area contributed by atoms with Gasteiger partial charge in [0.1, 0.15) is 0 Å². The zero-order chi connectivity index (χ0) is 29.6. The Balaban J connectivity index is 0.000000249. The number of piperidine rings is 2. The monoisotopic (exact) mass is 562 g/mol. The summed E-state index contributed by atoms with van der Waals surface area (Å²) >= 11 is 0. The molecule has 2 aliphatic heterocycles. The van der Waals surface area contributed by atoms with Crippen LogP contribution in [0.1, 0.15) is 85.3 Å². The van der Waals surface area contributed by atoms with Gasteiger partial charge in [-0.15, -0.1) is 0 Å². The van der Waals surface area contributed by atoms with Crippen LogP contribution in [0.3, 0.4) is 0 Å². The van der Waals surface area contributed by atoms with Crippen LogP contribution in [0.15, 0.2) is 24.5 Å². The van der Waals surface area contributed by atoms with E-state index in [-0.39, 0.29) is 12.5 Å². The Labute approximate surface area is 234 Å². The van der Waals surface area contributed by atoms with Crippen LogP contribution in [0, 0.1) is 39.5 Å². The van der Waals surface area contributed by atoms with Crippen LogP contribution >= 0.6 is 0 Å². The van der Waals surface area contributed by atoms with Crippen molar-refractivity contribution >= 4 is 11.9 Å². The molecule has 10 heteroatoms. The third kappa shape index (κ3) is 8.74. The van der Waals surface area contributed by atoms with Gasteiger partial charge in [0.25, 0.3) is 0 Å². The number of amides is 1. The summed E-state index contributed by atoms with van der Waals surface area (Å²) in [6.07, 6.45) is 3.03. The van der Waals surface area contributed by atoms with Crippen LogP contribution in [0.2, 0.25) is 0 Å². The Morgan fingerprint density at radius 3 is 2.05 bits per heavy atom. The summed E-state index contributed by atoms with van der Waals surface area (Å²) in [7, 11) is 0. The van der Waals surface area contributed by atoms with E-state index >= 15 is 0 Å². The Morgan fingerprint density at radius 2 is 1.50 bits per heavy atom. The summed E-state index contributed by atoms with van der Waals surface area (Å²) in [4.78, 5) is 34.1. The Kier molecular flexibility index (Phi) is 10.7. The highest BCUT2D eigenvalue weighted by Crippen LogP contribution is 2.34. The van der Waals surface area contributed by atoms with Gasteiger partial charge in [0.15, 0.2) is 6.61 Å². The van der Waals surface area contributed by atoms with Crippen molar-refractivity contribution in [2.45, 2.75) is 85.5 Å². The number of nitrogens with zero attached hydrogens (tertiary/aromatic N) is 3. The number of carbonyl (C=O) groups is 2. The average Bonchev–Trinajstić information content (AvgIpc) is 2.90. The maximum absolute atomic E-state index is 12.4. The molecule has 2 aliphatic rings. The predicted molar refractivity (Wildman–Crippen MR) is 146 cm³/mol. The van der Waals surface area contributed by atoms with E-state index in [1.54, 1.807) is 6.20 Å². The lowest BCUT2D eigenvalue weighted by molar-refractivity contribution is -0.190. The molecule has 4 atom stereocenters. The van der Waals surface area contributed by atoms with Gasteiger partial charge in [-0.3, -0.25) is 14.8 Å². The standard InChI is InChI=1S/C17H21F3N2O3.C13H20N2/c1-10-4-5-14(13-6-11(2)12(3)21-7-13)22(8-10)15(23)16(24)25-9-17(18,19)20;1-9-4-5-13(15-7-9)12-6-10(2)11(3)14-8-12/h6-7,10,14H,4-5,8-9H2,1-3H3;6,8-9,13,15H,4-5,7H2,1-3H3. The predicted octanol–water partition coefficient (Wildman–Crippen LogP) is 5.86. The minimum Gasteiger partial charge on any atom is -0.449 e. The molecular formula is C30H41F3N4O3. The second-order valence-corrected chi connectivity index (χ2v) is 11.3. The quantitative estimate of drug-likeness (QED) is 0.373. The molecule has 4 heterocycles. The molecule has 0 saturated carbocycles. The van der Waals surface area contributed by atoms with Gasteiger partial charge in [-0.05, 0) is 94.0 Å². The van der Waals surface area contributed by atoms with E-state index in [1.807, 2.05) is 33.0 Å². The molecule has 1 amide bonds. The molecule has 0 radical (unpaired) electrons. The van der Waals surface area contributed by atoms with Crippen LogP contribution in [-0.2, 0) is 14.3 Å². The highest BCUT2D eigenvalue weighted by molar-refractivity contribution is 6.32. The van der Waals surface area contributed by atoms with E-state index in [0.717, 1.165) is 41.4 Å². The van der Waals surface area contributed by atoms with Crippen molar-refractivity contribution in [3.63, 3.8) is 0 Å². The largest absolute Gasteiger partial charge is 0.449 e. The van der Waals surface area contributed by atoms with Crippen molar-refractivity contribution in [1.29, 1.82) is 0 Å². The molecule has 2 saturated heterocycles. The van der Waals surface area contributed by atoms with Crippen molar-refractivity contribution in [3.8, 4) is 0 Å². The fourth-order valence-electron chi connectivity index (χ4n) is 5.04. The normalized spacial score (nSPS) is 23.2. The third-order valence-corrected chi connectivity index (χ3v) is 7.79. The molecule has 0 aromatic carbocycles. The number of aryl methyl sites for hydroxylation is 4. The zero-order valence-corrected chi connectivity index (χ0v) is 24.3. The van der Waals surface area contributed by atoms with Gasteiger partial charge in [0.2, 0.25) is 0 Å². The van der Waals surface area contributed by atoms with Crippen LogP contribution in [0.4, 0.5) is 13.2 Å². The minimum atomic E-state index is -4.66. The molecule has 0 aliphatic carbocycles. The van der Waals surface area contributed by atoms with E-state index in [9.17, 15) is 22.8 Å². The van der Waals surface area contributed by atoms with Crippen LogP contribution in [-0.4, -0.2) is 52.6 Å². The number of ether oxygens (including phenoxy) is 1. The molecule has 2 aromatic heterocycles. The lowest BCUT2D eigenvalue weighted by Crippen LogP contribution is -2.45. The minimum absolute atomic E-state index is 0.148. The molecule has 7 nitrogen and oxygen atoms in total. The molecule has 2 aromatic rings. The number of likely N-dealkylation sites (tertiary alicyclic amines) is 1. The summed E-state index contributed by atoms with van der Waals surface area (Å²) in [5.41, 5.74) is 6.37. The first-order valence-corrected chi connectivity index (χ1v) is 13.9. The summed E-state index contributed by atoms with van der Waals surface area (Å²) in [5, 5.41) is 3.59. The topological polar surface area (TPSA) is 84.4 Å². The first-order valence-electron chi connectivity index (χ1n) is 13.9. The average molecular weight is 563 g/mol. The van der Waals surface area contributed by atoms with Crippen molar-refractivity contribution in [1.82, 2.24) is 20.2 Å². The van der Waals surface area contributed by atoms with Gasteiger partial charge < -0.3 is 15.0 Å². The molecule has 4 unspecified atom stereocenters. The number of rotatable bonds is 3. The summed E-state index contributed by atoms with van der Waals surface area (Å²) in [6.45, 7) is 11.8. The zero-order valence-electron chi connectivity index (χ0n) is 24.3. The molecule has 2 fully saturated rings. The fourth-order valence-corrected chi connectivity index (χ4v) is 5.04. The van der Waals surface area contributed by atoms with Crippen molar-refractivity contribution in [2.75, 3.05) is 19.7 Å². The molecule has 0 bridgehead atoms. The third-order valence-electron chi connectivity index (χ3n) is 7.79. The highest BCUT2D eigenvalue weighted by atomic mass is 19.4. The smallest absolute Gasteiger partial charge is 0.422 e. The first kappa shape index (κ1) is 31.5. The van der Waals surface area contributed by atoms with Gasteiger partial charge in [-0.1, -0.05) is 26.0 Å². The van der Waals surface area contributed by atoms with Gasteiger partial charge in [0.05, 0.1) is 6.04 Å². The number of carbonyl (C=O) groups excluding carboxylic acids is 2. The molecule has 0 spiro atoms. The van der Waals surface area contributed by atoms with Gasteiger partial charge in [0, 0.05) is 36.4 Å². The molecule has 1 N–H and O–H groups in total.